The van der Waals surface area contributed by atoms with Crippen LogP contribution in [0, 0.1) is 0 Å². The van der Waals surface area contributed by atoms with Gasteiger partial charge in [-0.1, -0.05) is 19.1 Å². The third-order valence-electron chi connectivity index (χ3n) is 2.78. The Morgan fingerprint density at radius 2 is 2.00 bits per heavy atom. The van der Waals surface area contributed by atoms with Crippen molar-refractivity contribution >= 4 is 18.0 Å². The minimum Gasteiger partial charge on any atom is -0.493 e. The fourth-order valence-electron chi connectivity index (χ4n) is 1.48. The molecule has 0 aromatic heterocycles. The molecule has 0 aliphatic heterocycles. The molecule has 2 amide bonds. The Labute approximate surface area is 124 Å². The van der Waals surface area contributed by atoms with E-state index in [0.717, 1.165) is 12.0 Å². The zero-order valence-corrected chi connectivity index (χ0v) is 12.6. The molecule has 2 N–H and O–H groups in total. The molecular formula is C15H21N3O3. The summed E-state index contributed by atoms with van der Waals surface area (Å²) in [7, 11) is 0. The second-order valence-corrected chi connectivity index (χ2v) is 4.45. The van der Waals surface area contributed by atoms with Crippen LogP contribution in [0.4, 0.5) is 0 Å². The Bertz CT molecular complexity index is 515. The van der Waals surface area contributed by atoms with Gasteiger partial charge in [0.25, 0.3) is 0 Å². The first-order valence-electron chi connectivity index (χ1n) is 6.94. The maximum absolute atomic E-state index is 11.5. The normalized spacial score (nSPS) is 12.0. The van der Waals surface area contributed by atoms with Crippen molar-refractivity contribution in [3.8, 4) is 5.75 Å². The fourth-order valence-corrected chi connectivity index (χ4v) is 1.48. The lowest BCUT2D eigenvalue weighted by Gasteiger charge is -2.09. The van der Waals surface area contributed by atoms with Gasteiger partial charge in [0.2, 0.25) is 0 Å². The first-order valence-corrected chi connectivity index (χ1v) is 6.94. The van der Waals surface area contributed by atoms with Gasteiger partial charge in [0, 0.05) is 11.6 Å². The van der Waals surface area contributed by atoms with Gasteiger partial charge in [-0.3, -0.25) is 9.59 Å². The lowest BCUT2D eigenvalue weighted by molar-refractivity contribution is -0.139. The number of para-hydroxylation sites is 1. The van der Waals surface area contributed by atoms with E-state index < -0.39 is 11.8 Å². The molecule has 114 valence electrons. The van der Waals surface area contributed by atoms with Gasteiger partial charge in [-0.2, -0.15) is 5.10 Å². The highest BCUT2D eigenvalue weighted by Gasteiger charge is 2.14. The minimum absolute atomic E-state index is 0.0501. The molecule has 0 fully saturated rings. The van der Waals surface area contributed by atoms with E-state index in [1.165, 1.54) is 6.21 Å². The maximum atomic E-state index is 11.5. The standard InChI is InChI=1S/C15H21N3O3/c1-4-11(3)17-14(19)15(20)18-16-10-12-8-6-7-9-13(12)21-5-2/h6-11H,4-5H2,1-3H3,(H,17,19)(H,18,20)/b16-10-/t11-/m0/s1. The van der Waals surface area contributed by atoms with Gasteiger partial charge in [0.15, 0.2) is 0 Å². The number of carbonyl (C=O) groups excluding carboxylic acids is 2. The predicted octanol–water partition coefficient (Wildman–Crippen LogP) is 1.45. The van der Waals surface area contributed by atoms with Crippen LogP contribution in [-0.2, 0) is 9.59 Å². The number of hydrogen-bond donors (Lipinski definition) is 2. The van der Waals surface area contributed by atoms with Crippen LogP contribution in [0.1, 0.15) is 32.8 Å². The van der Waals surface area contributed by atoms with Crippen molar-refractivity contribution in [3.05, 3.63) is 29.8 Å². The molecule has 0 aliphatic carbocycles. The molecule has 0 saturated heterocycles. The number of nitrogens with zero attached hydrogens (tertiary/aromatic N) is 1. The van der Waals surface area contributed by atoms with Crippen molar-refractivity contribution in [2.45, 2.75) is 33.2 Å². The van der Waals surface area contributed by atoms with Crippen LogP contribution in [0.25, 0.3) is 0 Å². The monoisotopic (exact) mass is 291 g/mol. The number of hydrogen-bond acceptors (Lipinski definition) is 4. The third-order valence-corrected chi connectivity index (χ3v) is 2.78. The molecule has 0 unspecified atom stereocenters. The Morgan fingerprint density at radius 3 is 2.67 bits per heavy atom. The van der Waals surface area contributed by atoms with Gasteiger partial charge in [0.1, 0.15) is 5.75 Å². The molecule has 6 heteroatoms. The molecule has 6 nitrogen and oxygen atoms in total. The zero-order chi connectivity index (χ0) is 15.7. The van der Waals surface area contributed by atoms with Crippen molar-refractivity contribution in [1.29, 1.82) is 0 Å². The highest BCUT2D eigenvalue weighted by atomic mass is 16.5. The van der Waals surface area contributed by atoms with E-state index in [2.05, 4.69) is 15.8 Å². The predicted molar refractivity (Wildman–Crippen MR) is 81.2 cm³/mol. The highest BCUT2D eigenvalue weighted by Crippen LogP contribution is 2.15. The number of carbonyl (C=O) groups is 2. The summed E-state index contributed by atoms with van der Waals surface area (Å²) in [5.74, 6) is -0.818. The molecule has 1 rings (SSSR count). The molecule has 1 atom stereocenters. The van der Waals surface area contributed by atoms with Gasteiger partial charge in [-0.25, -0.2) is 5.43 Å². The average molecular weight is 291 g/mol. The van der Waals surface area contributed by atoms with Crippen LogP contribution in [0.2, 0.25) is 0 Å². The highest BCUT2D eigenvalue weighted by molar-refractivity contribution is 6.35. The average Bonchev–Trinajstić information content (AvgIpc) is 2.48. The molecule has 1 aromatic carbocycles. The molecule has 0 aliphatic rings. The minimum atomic E-state index is -0.791. The molecule has 1 aromatic rings. The number of amides is 2. The fraction of sp³-hybridized carbons (Fsp3) is 0.400. The second kappa shape index (κ2) is 8.73. The van der Waals surface area contributed by atoms with Gasteiger partial charge >= 0.3 is 11.8 Å². The summed E-state index contributed by atoms with van der Waals surface area (Å²) in [6.07, 6.45) is 2.20. The quantitative estimate of drug-likeness (QED) is 0.473. The maximum Gasteiger partial charge on any atom is 0.329 e. The Hall–Kier alpha value is -2.37. The zero-order valence-electron chi connectivity index (χ0n) is 12.6. The molecule has 0 spiro atoms. The molecule has 0 heterocycles. The molecule has 21 heavy (non-hydrogen) atoms. The Morgan fingerprint density at radius 1 is 1.29 bits per heavy atom. The van der Waals surface area contributed by atoms with Gasteiger partial charge in [-0.05, 0) is 32.4 Å². The van der Waals surface area contributed by atoms with Crippen LogP contribution in [0.3, 0.4) is 0 Å². The summed E-state index contributed by atoms with van der Waals surface area (Å²) < 4.78 is 5.43. The van der Waals surface area contributed by atoms with E-state index in [4.69, 9.17) is 4.74 Å². The summed E-state index contributed by atoms with van der Waals surface area (Å²) in [5, 5.41) is 6.33. The van der Waals surface area contributed by atoms with Gasteiger partial charge < -0.3 is 10.1 Å². The van der Waals surface area contributed by atoms with Crippen LogP contribution >= 0.6 is 0 Å². The largest absolute Gasteiger partial charge is 0.493 e. The van der Waals surface area contributed by atoms with Crippen molar-refractivity contribution in [2.75, 3.05) is 6.61 Å². The molecule has 0 bridgehead atoms. The van der Waals surface area contributed by atoms with Crippen molar-refractivity contribution in [2.24, 2.45) is 5.10 Å². The lowest BCUT2D eigenvalue weighted by Crippen LogP contribution is -2.41. The Balaban J connectivity index is 2.58. The number of hydrazone groups is 1. The second-order valence-electron chi connectivity index (χ2n) is 4.45. The topological polar surface area (TPSA) is 79.8 Å². The summed E-state index contributed by atoms with van der Waals surface area (Å²) >= 11 is 0. The third kappa shape index (κ3) is 5.64. The van der Waals surface area contributed by atoms with Crippen LogP contribution in [-0.4, -0.2) is 30.7 Å². The lowest BCUT2D eigenvalue weighted by atomic mass is 10.2. The summed E-state index contributed by atoms with van der Waals surface area (Å²) in [6, 6.07) is 7.25. The van der Waals surface area contributed by atoms with E-state index in [9.17, 15) is 9.59 Å². The molecular weight excluding hydrogens is 270 g/mol. The summed E-state index contributed by atoms with van der Waals surface area (Å²) in [5.41, 5.74) is 2.92. The van der Waals surface area contributed by atoms with E-state index in [1.807, 2.05) is 39.0 Å². The first-order chi connectivity index (χ1) is 10.1. The number of benzene rings is 1. The first kappa shape index (κ1) is 16.7. The van der Waals surface area contributed by atoms with Gasteiger partial charge in [0.05, 0.1) is 12.8 Å². The molecule has 0 saturated carbocycles. The summed E-state index contributed by atoms with van der Waals surface area (Å²) in [6.45, 7) is 6.17. The van der Waals surface area contributed by atoms with E-state index >= 15 is 0 Å². The molecule has 0 radical (unpaired) electrons. The van der Waals surface area contributed by atoms with Crippen molar-refractivity contribution < 1.29 is 14.3 Å². The number of rotatable bonds is 6. The van der Waals surface area contributed by atoms with E-state index in [0.29, 0.717) is 12.4 Å². The Kier molecular flexibility index (Phi) is 6.94. The van der Waals surface area contributed by atoms with Gasteiger partial charge in [-0.15, -0.1) is 0 Å². The summed E-state index contributed by atoms with van der Waals surface area (Å²) in [4.78, 5) is 23.0. The van der Waals surface area contributed by atoms with Crippen LogP contribution < -0.4 is 15.5 Å². The van der Waals surface area contributed by atoms with E-state index in [-0.39, 0.29) is 6.04 Å². The van der Waals surface area contributed by atoms with Crippen LogP contribution in [0.15, 0.2) is 29.4 Å². The van der Waals surface area contributed by atoms with E-state index in [1.54, 1.807) is 6.07 Å². The SMILES string of the molecule is CCOc1ccccc1/C=N\NC(=O)C(=O)N[C@@H](C)CC. The van der Waals surface area contributed by atoms with Crippen molar-refractivity contribution in [3.63, 3.8) is 0 Å². The number of nitrogens with one attached hydrogen (secondary N) is 2. The van der Waals surface area contributed by atoms with Crippen LogP contribution in [0.5, 0.6) is 5.75 Å². The number of ether oxygens (including phenoxy) is 1. The smallest absolute Gasteiger partial charge is 0.329 e. The van der Waals surface area contributed by atoms with Crippen molar-refractivity contribution in [1.82, 2.24) is 10.7 Å².